The van der Waals surface area contributed by atoms with Gasteiger partial charge in [0, 0.05) is 12.1 Å². The van der Waals surface area contributed by atoms with Crippen LogP contribution in [0.25, 0.3) is 0 Å². The Morgan fingerprint density at radius 3 is 2.15 bits per heavy atom. The van der Waals surface area contributed by atoms with Gasteiger partial charge < -0.3 is 10.5 Å². The molecule has 104 valence electrons. The molecular formula is C15H16N2O3. The minimum absolute atomic E-state index is 0.0832. The van der Waals surface area contributed by atoms with E-state index in [1.54, 1.807) is 12.1 Å². The van der Waals surface area contributed by atoms with E-state index < -0.39 is 4.92 Å². The molecule has 2 aromatic carbocycles. The van der Waals surface area contributed by atoms with Crippen LogP contribution >= 0.6 is 0 Å². The maximum Gasteiger partial charge on any atom is 0.269 e. The molecule has 0 amide bonds. The Kier molecular flexibility index (Phi) is 4.68. The Hall–Kier alpha value is -2.40. The summed E-state index contributed by atoms with van der Waals surface area (Å²) in [6, 6.07) is 14.1. The second-order valence-electron chi connectivity index (χ2n) is 4.39. The first-order chi connectivity index (χ1) is 9.69. The van der Waals surface area contributed by atoms with Crippen LogP contribution in [-0.4, -0.2) is 11.5 Å². The van der Waals surface area contributed by atoms with Crippen molar-refractivity contribution in [2.24, 2.45) is 5.73 Å². The third kappa shape index (κ3) is 3.80. The number of nitrogens with zero attached hydrogens (tertiary/aromatic N) is 1. The Balaban J connectivity index is 1.92. The summed E-state index contributed by atoms with van der Waals surface area (Å²) < 4.78 is 5.62. The molecule has 0 radical (unpaired) electrons. The first-order valence-electron chi connectivity index (χ1n) is 6.34. The van der Waals surface area contributed by atoms with Crippen molar-refractivity contribution in [2.75, 3.05) is 6.54 Å². The van der Waals surface area contributed by atoms with Gasteiger partial charge in [-0.15, -0.1) is 0 Å². The lowest BCUT2D eigenvalue weighted by atomic mass is 10.1. The van der Waals surface area contributed by atoms with Gasteiger partial charge in [0.2, 0.25) is 0 Å². The van der Waals surface area contributed by atoms with E-state index in [0.717, 1.165) is 17.7 Å². The van der Waals surface area contributed by atoms with Crippen LogP contribution in [0.15, 0.2) is 48.5 Å². The second kappa shape index (κ2) is 6.68. The molecule has 0 spiro atoms. The maximum absolute atomic E-state index is 10.5. The van der Waals surface area contributed by atoms with Crippen molar-refractivity contribution in [2.45, 2.75) is 13.0 Å². The molecule has 0 fully saturated rings. The van der Waals surface area contributed by atoms with Crippen LogP contribution in [0.2, 0.25) is 0 Å². The molecule has 0 saturated carbocycles. The lowest BCUT2D eigenvalue weighted by molar-refractivity contribution is -0.384. The molecule has 2 N–H and O–H groups in total. The first kappa shape index (κ1) is 14.0. The number of nitrogens with two attached hydrogens (primary N) is 1. The van der Waals surface area contributed by atoms with Gasteiger partial charge in [0.25, 0.3) is 5.69 Å². The lowest BCUT2D eigenvalue weighted by Crippen LogP contribution is -2.02. The molecular weight excluding hydrogens is 256 g/mol. The highest BCUT2D eigenvalue weighted by molar-refractivity contribution is 5.33. The molecule has 0 saturated heterocycles. The molecule has 0 bridgehead atoms. The molecule has 0 atom stereocenters. The fourth-order valence-electron chi connectivity index (χ4n) is 1.80. The zero-order valence-electron chi connectivity index (χ0n) is 11.0. The maximum atomic E-state index is 10.5. The van der Waals surface area contributed by atoms with E-state index in [-0.39, 0.29) is 5.69 Å². The van der Waals surface area contributed by atoms with Crippen LogP contribution in [0.5, 0.6) is 5.75 Å². The van der Waals surface area contributed by atoms with Crippen molar-refractivity contribution in [1.29, 1.82) is 0 Å². The van der Waals surface area contributed by atoms with Gasteiger partial charge >= 0.3 is 0 Å². The number of benzene rings is 2. The minimum Gasteiger partial charge on any atom is -0.489 e. The third-order valence-electron chi connectivity index (χ3n) is 2.91. The molecule has 0 aromatic heterocycles. The predicted molar refractivity (Wildman–Crippen MR) is 76.6 cm³/mol. The van der Waals surface area contributed by atoms with Crippen LogP contribution in [0.4, 0.5) is 5.69 Å². The fraction of sp³-hybridized carbons (Fsp3) is 0.200. The van der Waals surface area contributed by atoms with Gasteiger partial charge in [-0.2, -0.15) is 0 Å². The van der Waals surface area contributed by atoms with E-state index in [1.165, 1.54) is 17.7 Å². The van der Waals surface area contributed by atoms with E-state index >= 15 is 0 Å². The van der Waals surface area contributed by atoms with Crippen molar-refractivity contribution >= 4 is 5.69 Å². The summed E-state index contributed by atoms with van der Waals surface area (Å²) in [7, 11) is 0. The van der Waals surface area contributed by atoms with Gasteiger partial charge in [0.1, 0.15) is 12.4 Å². The minimum atomic E-state index is -0.416. The normalized spacial score (nSPS) is 10.2. The summed E-state index contributed by atoms with van der Waals surface area (Å²) in [5.74, 6) is 0.768. The summed E-state index contributed by atoms with van der Waals surface area (Å²) in [6.45, 7) is 1.01. The number of nitro benzene ring substituents is 1. The van der Waals surface area contributed by atoms with E-state index in [0.29, 0.717) is 13.2 Å². The summed E-state index contributed by atoms with van der Waals surface area (Å²) in [5, 5.41) is 10.5. The van der Waals surface area contributed by atoms with Crippen molar-refractivity contribution in [1.82, 2.24) is 0 Å². The molecule has 2 aromatic rings. The monoisotopic (exact) mass is 272 g/mol. The SMILES string of the molecule is NCCc1ccc(OCc2ccc([N+](=O)[O-])cc2)cc1. The van der Waals surface area contributed by atoms with Crippen molar-refractivity contribution in [3.05, 3.63) is 69.8 Å². The van der Waals surface area contributed by atoms with Gasteiger partial charge in [-0.1, -0.05) is 12.1 Å². The van der Waals surface area contributed by atoms with Crippen LogP contribution in [0.3, 0.4) is 0 Å². The van der Waals surface area contributed by atoms with E-state index in [9.17, 15) is 10.1 Å². The topological polar surface area (TPSA) is 78.4 Å². The highest BCUT2D eigenvalue weighted by atomic mass is 16.6. The third-order valence-corrected chi connectivity index (χ3v) is 2.91. The number of hydrogen-bond acceptors (Lipinski definition) is 4. The predicted octanol–water partition coefficient (Wildman–Crippen LogP) is 2.68. The van der Waals surface area contributed by atoms with Gasteiger partial charge in [0.05, 0.1) is 4.92 Å². The van der Waals surface area contributed by atoms with Crippen LogP contribution in [0, 0.1) is 10.1 Å². The summed E-state index contributed by atoms with van der Waals surface area (Å²) in [6.07, 6.45) is 0.850. The molecule has 0 aliphatic heterocycles. The van der Waals surface area contributed by atoms with Gasteiger partial charge in [-0.3, -0.25) is 10.1 Å². The molecule has 5 heteroatoms. The molecule has 2 rings (SSSR count). The Morgan fingerprint density at radius 1 is 1.00 bits per heavy atom. The van der Waals surface area contributed by atoms with E-state index in [2.05, 4.69) is 0 Å². The van der Waals surface area contributed by atoms with Crippen molar-refractivity contribution in [3.63, 3.8) is 0 Å². The van der Waals surface area contributed by atoms with Crippen LogP contribution in [0.1, 0.15) is 11.1 Å². The summed E-state index contributed by atoms with van der Waals surface area (Å²) >= 11 is 0. The average molecular weight is 272 g/mol. The molecule has 0 aliphatic carbocycles. The largest absolute Gasteiger partial charge is 0.489 e. The van der Waals surface area contributed by atoms with E-state index in [4.69, 9.17) is 10.5 Å². The Labute approximate surface area is 117 Å². The second-order valence-corrected chi connectivity index (χ2v) is 4.39. The zero-order valence-corrected chi connectivity index (χ0v) is 11.0. The van der Waals surface area contributed by atoms with Gasteiger partial charge in [-0.25, -0.2) is 0 Å². The Morgan fingerprint density at radius 2 is 1.60 bits per heavy atom. The molecule has 0 heterocycles. The number of rotatable bonds is 6. The average Bonchev–Trinajstić information content (AvgIpc) is 2.47. The lowest BCUT2D eigenvalue weighted by Gasteiger charge is -2.07. The van der Waals surface area contributed by atoms with Gasteiger partial charge in [0.15, 0.2) is 0 Å². The molecule has 20 heavy (non-hydrogen) atoms. The number of nitro groups is 1. The Bertz CT molecular complexity index is 565. The van der Waals surface area contributed by atoms with Crippen molar-refractivity contribution < 1.29 is 9.66 Å². The molecule has 0 unspecified atom stereocenters. The molecule has 0 aliphatic rings. The summed E-state index contributed by atoms with van der Waals surface area (Å²) in [4.78, 5) is 10.1. The van der Waals surface area contributed by atoms with Crippen molar-refractivity contribution in [3.8, 4) is 5.75 Å². The quantitative estimate of drug-likeness (QED) is 0.647. The van der Waals surface area contributed by atoms with Crippen LogP contribution < -0.4 is 10.5 Å². The number of non-ortho nitro benzene ring substituents is 1. The van der Waals surface area contributed by atoms with E-state index in [1.807, 2.05) is 24.3 Å². The van der Waals surface area contributed by atoms with Gasteiger partial charge in [-0.05, 0) is 48.4 Å². The first-order valence-corrected chi connectivity index (χ1v) is 6.34. The standard InChI is InChI=1S/C15H16N2O3/c16-10-9-12-3-7-15(8-4-12)20-11-13-1-5-14(6-2-13)17(18)19/h1-8H,9-11,16H2. The highest BCUT2D eigenvalue weighted by Crippen LogP contribution is 2.16. The smallest absolute Gasteiger partial charge is 0.269 e. The number of ether oxygens (including phenoxy) is 1. The highest BCUT2D eigenvalue weighted by Gasteiger charge is 2.04. The van der Waals surface area contributed by atoms with Crippen LogP contribution in [-0.2, 0) is 13.0 Å². The summed E-state index contributed by atoms with van der Waals surface area (Å²) in [5.41, 5.74) is 7.64. The zero-order chi connectivity index (χ0) is 14.4. The molecule has 5 nitrogen and oxygen atoms in total. The fourth-order valence-corrected chi connectivity index (χ4v) is 1.80. The number of hydrogen-bond donors (Lipinski definition) is 1.